The van der Waals surface area contributed by atoms with Crippen molar-refractivity contribution < 1.29 is 14.2 Å². The molecule has 4 heteroatoms. The molecule has 1 N–H and O–H groups in total. The van der Waals surface area contributed by atoms with Gasteiger partial charge in [0.2, 0.25) is 5.75 Å². The van der Waals surface area contributed by atoms with Crippen LogP contribution in [0.25, 0.3) is 0 Å². The first-order valence-corrected chi connectivity index (χ1v) is 6.69. The quantitative estimate of drug-likeness (QED) is 0.742. The summed E-state index contributed by atoms with van der Waals surface area (Å²) < 4.78 is 16.2. The summed E-state index contributed by atoms with van der Waals surface area (Å²) in [6.07, 6.45) is 6.92. The molecule has 1 rings (SSSR count). The fourth-order valence-corrected chi connectivity index (χ4v) is 2.24. The smallest absolute Gasteiger partial charge is 0.203 e. The van der Waals surface area contributed by atoms with Crippen LogP contribution in [0.3, 0.4) is 0 Å². The molecule has 0 bridgehead atoms. The number of terminal acetylenes is 1. The minimum atomic E-state index is 0.130. The zero-order valence-corrected chi connectivity index (χ0v) is 12.7. The van der Waals surface area contributed by atoms with Crippen molar-refractivity contribution in [1.29, 1.82) is 0 Å². The molecular weight excluding hydrogens is 254 g/mol. The minimum Gasteiger partial charge on any atom is -0.493 e. The van der Waals surface area contributed by atoms with E-state index in [2.05, 4.69) is 18.2 Å². The molecule has 0 amide bonds. The normalized spacial score (nSPS) is 11.6. The van der Waals surface area contributed by atoms with Gasteiger partial charge < -0.3 is 19.5 Å². The molecule has 1 aromatic carbocycles. The van der Waals surface area contributed by atoms with Crippen LogP contribution in [0.5, 0.6) is 17.2 Å². The lowest BCUT2D eigenvalue weighted by atomic mass is 10.00. The van der Waals surface area contributed by atoms with Crippen LogP contribution in [0.15, 0.2) is 12.1 Å². The van der Waals surface area contributed by atoms with Gasteiger partial charge in [0.25, 0.3) is 0 Å². The Bertz CT molecular complexity index is 466. The third-order valence-electron chi connectivity index (χ3n) is 3.14. The van der Waals surface area contributed by atoms with E-state index >= 15 is 0 Å². The predicted octanol–water partition coefficient (Wildman–Crippen LogP) is 2.78. The summed E-state index contributed by atoms with van der Waals surface area (Å²) in [6, 6.07) is 4.01. The molecular formula is C16H23NO3. The zero-order valence-electron chi connectivity index (χ0n) is 12.7. The van der Waals surface area contributed by atoms with E-state index < -0.39 is 0 Å². The Labute approximate surface area is 121 Å². The third-order valence-corrected chi connectivity index (χ3v) is 3.14. The minimum absolute atomic E-state index is 0.130. The molecule has 0 aliphatic rings. The highest BCUT2D eigenvalue weighted by Gasteiger charge is 2.21. The van der Waals surface area contributed by atoms with Gasteiger partial charge in [-0.15, -0.1) is 12.3 Å². The van der Waals surface area contributed by atoms with Crippen LogP contribution in [-0.2, 0) is 0 Å². The topological polar surface area (TPSA) is 39.7 Å². The Kier molecular flexibility index (Phi) is 6.75. The molecule has 0 aliphatic carbocycles. The Hall–Kier alpha value is -1.86. The number of methoxy groups -OCH3 is 3. The van der Waals surface area contributed by atoms with Gasteiger partial charge in [0.05, 0.1) is 21.3 Å². The Balaban J connectivity index is 3.23. The molecule has 0 saturated heterocycles. The largest absolute Gasteiger partial charge is 0.493 e. The SMILES string of the molecule is C#CCCC(NCC)c1ccc(OC)c(OC)c1OC. The lowest BCUT2D eigenvalue weighted by molar-refractivity contribution is 0.318. The molecule has 1 atom stereocenters. The van der Waals surface area contributed by atoms with Gasteiger partial charge in [0, 0.05) is 18.0 Å². The van der Waals surface area contributed by atoms with Crippen molar-refractivity contribution >= 4 is 0 Å². The number of nitrogens with one attached hydrogen (secondary N) is 1. The highest BCUT2D eigenvalue weighted by Crippen LogP contribution is 2.42. The molecule has 1 aromatic rings. The summed E-state index contributed by atoms with van der Waals surface area (Å²) in [7, 11) is 4.84. The van der Waals surface area contributed by atoms with Gasteiger partial charge in [-0.3, -0.25) is 0 Å². The van der Waals surface area contributed by atoms with Crippen LogP contribution in [0.4, 0.5) is 0 Å². The number of ether oxygens (including phenoxy) is 3. The molecule has 0 heterocycles. The van der Waals surface area contributed by atoms with E-state index in [1.54, 1.807) is 21.3 Å². The molecule has 1 unspecified atom stereocenters. The van der Waals surface area contributed by atoms with E-state index in [0.717, 1.165) is 18.5 Å². The molecule has 0 aromatic heterocycles. The summed E-state index contributed by atoms with van der Waals surface area (Å²) in [6.45, 7) is 2.92. The first kappa shape index (κ1) is 16.2. The van der Waals surface area contributed by atoms with Crippen LogP contribution < -0.4 is 19.5 Å². The predicted molar refractivity (Wildman–Crippen MR) is 80.6 cm³/mol. The Morgan fingerprint density at radius 2 is 1.85 bits per heavy atom. The van der Waals surface area contributed by atoms with Crippen LogP contribution in [0.1, 0.15) is 31.4 Å². The summed E-state index contributed by atoms with van der Waals surface area (Å²) in [5.74, 6) is 4.63. The summed E-state index contributed by atoms with van der Waals surface area (Å²) in [5, 5.41) is 3.43. The molecule has 0 spiro atoms. The van der Waals surface area contributed by atoms with E-state index in [9.17, 15) is 0 Å². The third kappa shape index (κ3) is 3.58. The van der Waals surface area contributed by atoms with Gasteiger partial charge >= 0.3 is 0 Å². The first-order chi connectivity index (χ1) is 9.73. The average Bonchev–Trinajstić information content (AvgIpc) is 2.49. The van der Waals surface area contributed by atoms with Crippen LogP contribution >= 0.6 is 0 Å². The van der Waals surface area contributed by atoms with E-state index in [-0.39, 0.29) is 6.04 Å². The number of benzene rings is 1. The van der Waals surface area contributed by atoms with Crippen LogP contribution in [0.2, 0.25) is 0 Å². The number of hydrogen-bond donors (Lipinski definition) is 1. The monoisotopic (exact) mass is 277 g/mol. The van der Waals surface area contributed by atoms with E-state index in [1.165, 1.54) is 0 Å². The molecule has 0 fully saturated rings. The standard InChI is InChI=1S/C16H23NO3/c1-6-8-9-13(17-7-2)12-10-11-14(18-3)16(20-5)15(12)19-4/h1,10-11,13,17H,7-9H2,2-5H3. The molecule has 4 nitrogen and oxygen atoms in total. The maximum absolute atomic E-state index is 5.52. The van der Waals surface area contributed by atoms with Crippen molar-refractivity contribution in [1.82, 2.24) is 5.32 Å². The number of hydrogen-bond acceptors (Lipinski definition) is 4. The maximum atomic E-state index is 5.52. The lowest BCUT2D eigenvalue weighted by Gasteiger charge is -2.22. The molecule has 0 aliphatic heterocycles. The van der Waals surface area contributed by atoms with Crippen molar-refractivity contribution in [3.8, 4) is 29.6 Å². The van der Waals surface area contributed by atoms with Gasteiger partial charge in [-0.05, 0) is 25.1 Å². The fraction of sp³-hybridized carbons (Fsp3) is 0.500. The molecule has 110 valence electrons. The van der Waals surface area contributed by atoms with E-state index in [4.69, 9.17) is 20.6 Å². The highest BCUT2D eigenvalue weighted by molar-refractivity contribution is 5.56. The van der Waals surface area contributed by atoms with Crippen molar-refractivity contribution in [2.24, 2.45) is 0 Å². The molecule has 0 saturated carbocycles. The maximum Gasteiger partial charge on any atom is 0.203 e. The van der Waals surface area contributed by atoms with Gasteiger partial charge in [0.1, 0.15) is 0 Å². The van der Waals surface area contributed by atoms with Gasteiger partial charge in [-0.1, -0.05) is 6.92 Å². The summed E-state index contributed by atoms with van der Waals surface area (Å²) in [4.78, 5) is 0. The summed E-state index contributed by atoms with van der Waals surface area (Å²) >= 11 is 0. The number of rotatable bonds is 8. The van der Waals surface area contributed by atoms with Gasteiger partial charge in [-0.2, -0.15) is 0 Å². The molecule has 0 radical (unpaired) electrons. The highest BCUT2D eigenvalue weighted by atomic mass is 16.5. The molecule has 20 heavy (non-hydrogen) atoms. The van der Waals surface area contributed by atoms with E-state index in [1.807, 2.05) is 12.1 Å². The van der Waals surface area contributed by atoms with Crippen molar-refractivity contribution in [3.63, 3.8) is 0 Å². The van der Waals surface area contributed by atoms with Crippen molar-refractivity contribution in [2.45, 2.75) is 25.8 Å². The average molecular weight is 277 g/mol. The van der Waals surface area contributed by atoms with Crippen LogP contribution in [0, 0.1) is 12.3 Å². The second-order valence-corrected chi connectivity index (χ2v) is 4.28. The lowest BCUT2D eigenvalue weighted by Crippen LogP contribution is -2.21. The van der Waals surface area contributed by atoms with Gasteiger partial charge in [0.15, 0.2) is 11.5 Å². The first-order valence-electron chi connectivity index (χ1n) is 6.69. The Morgan fingerprint density at radius 1 is 1.15 bits per heavy atom. The van der Waals surface area contributed by atoms with Crippen molar-refractivity contribution in [3.05, 3.63) is 17.7 Å². The fourth-order valence-electron chi connectivity index (χ4n) is 2.24. The second kappa shape index (κ2) is 8.34. The van der Waals surface area contributed by atoms with Crippen LogP contribution in [-0.4, -0.2) is 27.9 Å². The van der Waals surface area contributed by atoms with Crippen molar-refractivity contribution in [2.75, 3.05) is 27.9 Å². The zero-order chi connectivity index (χ0) is 15.0. The second-order valence-electron chi connectivity index (χ2n) is 4.28. The van der Waals surface area contributed by atoms with Gasteiger partial charge in [-0.25, -0.2) is 0 Å². The Morgan fingerprint density at radius 3 is 2.35 bits per heavy atom. The summed E-state index contributed by atoms with van der Waals surface area (Å²) in [5.41, 5.74) is 1.03. The van der Waals surface area contributed by atoms with E-state index in [0.29, 0.717) is 23.7 Å².